The van der Waals surface area contributed by atoms with E-state index in [1.165, 1.54) is 0 Å². The van der Waals surface area contributed by atoms with Gasteiger partial charge in [-0.25, -0.2) is 0 Å². The number of Topliss-reactive ketones (excluding diaryl/α,β-unsaturated/α-hetero) is 1. The minimum Gasteiger partial charge on any atom is -0.292 e. The molecule has 2 aromatic heterocycles. The highest BCUT2D eigenvalue weighted by Gasteiger charge is 2.16. The van der Waals surface area contributed by atoms with Gasteiger partial charge >= 0.3 is 0 Å². The zero-order valence-electron chi connectivity index (χ0n) is 9.43. The molecular weight excluding hydrogens is 282 g/mol. The fraction of sp³-hybridized carbons (Fsp3) is 0.250. The van der Waals surface area contributed by atoms with Gasteiger partial charge < -0.3 is 0 Å². The number of carbonyl (C=O) groups is 1. The molecule has 0 unspecified atom stereocenters. The number of hydrogen-bond donors (Lipinski definition) is 0. The van der Waals surface area contributed by atoms with Gasteiger partial charge in [0.05, 0.1) is 10.7 Å². The van der Waals surface area contributed by atoms with Crippen molar-refractivity contribution in [2.45, 2.75) is 19.9 Å². The van der Waals surface area contributed by atoms with Crippen molar-refractivity contribution in [3.8, 4) is 0 Å². The lowest BCUT2D eigenvalue weighted by atomic mass is 10.1. The molecule has 88 valence electrons. The molecule has 0 N–H and O–H groups in total. The highest BCUT2D eigenvalue weighted by Crippen LogP contribution is 2.18. The Kier molecular flexibility index (Phi) is 3.68. The van der Waals surface area contributed by atoms with Crippen LogP contribution in [0.5, 0.6) is 0 Å². The highest BCUT2D eigenvalue weighted by atomic mass is 79.9. The van der Waals surface area contributed by atoms with Gasteiger partial charge in [-0.3, -0.25) is 14.5 Å². The molecule has 0 amide bonds. The van der Waals surface area contributed by atoms with Gasteiger partial charge in [-0.1, -0.05) is 0 Å². The SMILES string of the molecule is CCn1ncc(Br)c1C(=O)Cc1ccncc1. The molecule has 0 aliphatic heterocycles. The number of halogens is 1. The second kappa shape index (κ2) is 5.23. The summed E-state index contributed by atoms with van der Waals surface area (Å²) in [6, 6.07) is 3.69. The number of pyridine rings is 1. The molecule has 17 heavy (non-hydrogen) atoms. The summed E-state index contributed by atoms with van der Waals surface area (Å²) in [5, 5.41) is 4.13. The van der Waals surface area contributed by atoms with Crippen LogP contribution >= 0.6 is 15.9 Å². The second-order valence-corrected chi connectivity index (χ2v) is 4.47. The minimum absolute atomic E-state index is 0.0578. The number of aromatic nitrogens is 3. The minimum atomic E-state index is 0.0578. The topological polar surface area (TPSA) is 47.8 Å². The Bertz CT molecular complexity index is 522. The molecule has 0 atom stereocenters. The number of ketones is 1. The maximum atomic E-state index is 12.2. The summed E-state index contributed by atoms with van der Waals surface area (Å²) in [5.74, 6) is 0.0578. The first-order chi connectivity index (χ1) is 8.22. The number of hydrogen-bond acceptors (Lipinski definition) is 3. The molecule has 2 heterocycles. The molecule has 5 heteroatoms. The van der Waals surface area contributed by atoms with Crippen LogP contribution in [0.15, 0.2) is 35.2 Å². The van der Waals surface area contributed by atoms with E-state index in [2.05, 4.69) is 26.0 Å². The smallest absolute Gasteiger partial charge is 0.186 e. The summed E-state index contributed by atoms with van der Waals surface area (Å²) < 4.78 is 2.45. The van der Waals surface area contributed by atoms with Gasteiger partial charge in [0, 0.05) is 25.4 Å². The molecule has 4 nitrogen and oxygen atoms in total. The average Bonchev–Trinajstić information content (AvgIpc) is 2.71. The maximum absolute atomic E-state index is 12.2. The van der Waals surface area contributed by atoms with Crippen molar-refractivity contribution in [3.63, 3.8) is 0 Å². The molecule has 0 saturated heterocycles. The van der Waals surface area contributed by atoms with E-state index in [4.69, 9.17) is 0 Å². The first kappa shape index (κ1) is 12.0. The molecule has 0 fully saturated rings. The van der Waals surface area contributed by atoms with Crippen molar-refractivity contribution in [2.24, 2.45) is 0 Å². The highest BCUT2D eigenvalue weighted by molar-refractivity contribution is 9.10. The summed E-state index contributed by atoms with van der Waals surface area (Å²) in [7, 11) is 0. The molecule has 0 saturated carbocycles. The normalized spacial score (nSPS) is 10.5. The van der Waals surface area contributed by atoms with Crippen LogP contribution in [0.25, 0.3) is 0 Å². The summed E-state index contributed by atoms with van der Waals surface area (Å²) in [6.07, 6.45) is 5.40. The number of aryl methyl sites for hydroxylation is 1. The van der Waals surface area contributed by atoms with E-state index >= 15 is 0 Å². The third-order valence-corrected chi connectivity index (χ3v) is 3.05. The van der Waals surface area contributed by atoms with E-state index in [9.17, 15) is 4.79 Å². The predicted molar refractivity (Wildman–Crippen MR) is 67.9 cm³/mol. The van der Waals surface area contributed by atoms with E-state index in [0.29, 0.717) is 18.7 Å². The first-order valence-corrected chi connectivity index (χ1v) is 6.15. The fourth-order valence-electron chi connectivity index (χ4n) is 1.65. The van der Waals surface area contributed by atoms with Crippen molar-refractivity contribution in [1.82, 2.24) is 14.8 Å². The zero-order chi connectivity index (χ0) is 12.3. The zero-order valence-corrected chi connectivity index (χ0v) is 11.0. The van der Waals surface area contributed by atoms with Crippen LogP contribution < -0.4 is 0 Å². The van der Waals surface area contributed by atoms with Crippen LogP contribution in [-0.4, -0.2) is 20.5 Å². The van der Waals surface area contributed by atoms with E-state index < -0.39 is 0 Å². The molecule has 0 aromatic carbocycles. The molecule has 0 aliphatic carbocycles. The molecule has 0 aliphatic rings. The van der Waals surface area contributed by atoms with E-state index in [0.717, 1.165) is 10.0 Å². The van der Waals surface area contributed by atoms with Crippen LogP contribution in [0.2, 0.25) is 0 Å². The van der Waals surface area contributed by atoms with Crippen LogP contribution in [0, 0.1) is 0 Å². The van der Waals surface area contributed by atoms with E-state index in [1.54, 1.807) is 23.3 Å². The van der Waals surface area contributed by atoms with E-state index in [1.807, 2.05) is 19.1 Å². The number of nitrogens with zero attached hydrogens (tertiary/aromatic N) is 3. The third kappa shape index (κ3) is 2.61. The molecule has 2 rings (SSSR count). The van der Waals surface area contributed by atoms with Gasteiger partial charge in [-0.15, -0.1) is 0 Å². The lowest BCUT2D eigenvalue weighted by molar-refractivity contribution is 0.0982. The van der Waals surface area contributed by atoms with Crippen LogP contribution in [0.4, 0.5) is 0 Å². The van der Waals surface area contributed by atoms with Gasteiger partial charge in [0.1, 0.15) is 5.69 Å². The van der Waals surface area contributed by atoms with Crippen LogP contribution in [-0.2, 0) is 13.0 Å². The Morgan fingerprint density at radius 2 is 2.12 bits per heavy atom. The van der Waals surface area contributed by atoms with Crippen molar-refractivity contribution in [3.05, 3.63) is 46.5 Å². The molecular formula is C12H12BrN3O. The first-order valence-electron chi connectivity index (χ1n) is 5.35. The van der Waals surface area contributed by atoms with Crippen molar-refractivity contribution in [1.29, 1.82) is 0 Å². The molecule has 0 bridgehead atoms. The summed E-state index contributed by atoms with van der Waals surface area (Å²) in [5.41, 5.74) is 1.59. The van der Waals surface area contributed by atoms with Gasteiger partial charge in [-0.2, -0.15) is 5.10 Å². The van der Waals surface area contributed by atoms with Gasteiger partial charge in [-0.05, 0) is 40.5 Å². The van der Waals surface area contributed by atoms with Crippen molar-refractivity contribution < 1.29 is 4.79 Å². The summed E-state index contributed by atoms with van der Waals surface area (Å²) in [4.78, 5) is 16.1. The van der Waals surface area contributed by atoms with E-state index in [-0.39, 0.29) is 5.78 Å². The number of rotatable bonds is 4. The Morgan fingerprint density at radius 3 is 2.76 bits per heavy atom. The molecule has 0 radical (unpaired) electrons. The average molecular weight is 294 g/mol. The Labute approximate surface area is 108 Å². The largest absolute Gasteiger partial charge is 0.292 e. The van der Waals surface area contributed by atoms with Crippen molar-refractivity contribution in [2.75, 3.05) is 0 Å². The maximum Gasteiger partial charge on any atom is 0.186 e. The third-order valence-electron chi connectivity index (χ3n) is 2.47. The predicted octanol–water partition coefficient (Wildman–Crippen LogP) is 2.49. The lowest BCUT2D eigenvalue weighted by Gasteiger charge is -2.04. The summed E-state index contributed by atoms with van der Waals surface area (Å²) >= 11 is 3.36. The Hall–Kier alpha value is -1.49. The van der Waals surface area contributed by atoms with Crippen molar-refractivity contribution >= 4 is 21.7 Å². The quantitative estimate of drug-likeness (QED) is 0.814. The van der Waals surface area contributed by atoms with Crippen LogP contribution in [0.1, 0.15) is 23.0 Å². The summed E-state index contributed by atoms with van der Waals surface area (Å²) in [6.45, 7) is 2.64. The van der Waals surface area contributed by atoms with Gasteiger partial charge in [0.25, 0.3) is 0 Å². The fourth-order valence-corrected chi connectivity index (χ4v) is 2.17. The molecule has 0 spiro atoms. The standard InChI is InChI=1S/C12H12BrN3O/c1-2-16-12(10(13)8-15-16)11(17)7-9-3-5-14-6-4-9/h3-6,8H,2,7H2,1H3. The van der Waals surface area contributed by atoms with Gasteiger partial charge in [0.2, 0.25) is 0 Å². The number of carbonyl (C=O) groups excluding carboxylic acids is 1. The van der Waals surface area contributed by atoms with Crippen LogP contribution in [0.3, 0.4) is 0 Å². The Balaban J connectivity index is 2.23. The lowest BCUT2D eigenvalue weighted by Crippen LogP contribution is -2.12. The van der Waals surface area contributed by atoms with Gasteiger partial charge in [0.15, 0.2) is 5.78 Å². The monoisotopic (exact) mass is 293 g/mol. The Morgan fingerprint density at radius 1 is 1.41 bits per heavy atom. The molecule has 2 aromatic rings. The second-order valence-electron chi connectivity index (χ2n) is 3.61.